The standard InChI is InChI=1S/C44H41N9O3.C2H6/c1-27-15-18-34(22-37(27)53-26-33-23-46-43(50-40(33)51(4)44(53)56)49-35-19-16-28(2)45-24-35)48-41(54)32-17-20-36-38(21-32)52(25-30-11-7-5-8-12-30)42(55)29(3)47-39(36)31-13-9-6-10-14-31;1-2/h5-15,17-18,20-24,29H,16,19,25-26H2,1-4H3,(H,48,54)(H,46,49,50);1-2H3/t29-;/m0./s1. The minimum atomic E-state index is -0.642. The molecule has 294 valence electrons. The summed E-state index contributed by atoms with van der Waals surface area (Å²) < 4.78 is 0. The highest BCUT2D eigenvalue weighted by Gasteiger charge is 2.33. The number of benzene rings is 4. The molecule has 4 aromatic carbocycles. The largest absolute Gasteiger partial charge is 0.330 e. The van der Waals surface area contributed by atoms with E-state index >= 15 is 0 Å². The highest BCUT2D eigenvalue weighted by molar-refractivity contribution is 6.21. The van der Waals surface area contributed by atoms with E-state index in [1.54, 1.807) is 54.4 Å². The van der Waals surface area contributed by atoms with E-state index in [2.05, 4.69) is 25.6 Å². The van der Waals surface area contributed by atoms with Gasteiger partial charge in [-0.25, -0.2) is 9.78 Å². The molecule has 3 aliphatic rings. The molecule has 0 radical (unpaired) electrons. The summed E-state index contributed by atoms with van der Waals surface area (Å²) in [6, 6.07) is 29.5. The summed E-state index contributed by atoms with van der Waals surface area (Å²) in [7, 11) is 1.69. The number of anilines is 5. The Balaban J connectivity index is 0.00000252. The number of hydrogen-bond acceptors (Lipinski definition) is 8. The third-order valence-corrected chi connectivity index (χ3v) is 10.2. The van der Waals surface area contributed by atoms with Gasteiger partial charge < -0.3 is 15.5 Å². The Labute approximate surface area is 339 Å². The SMILES string of the molecule is CC.CC1=NC=C(Nc2ncc3c(n2)N(C)C(=O)N(c2cc(NC(=O)c4ccc5c(c4)N(Cc4ccccc4)C(=O)[C@H](C)N=C5c4ccccc4)ccc2C)C3)CC1. The second-order valence-electron chi connectivity index (χ2n) is 14.2. The van der Waals surface area contributed by atoms with Gasteiger partial charge in [0.25, 0.3) is 11.8 Å². The van der Waals surface area contributed by atoms with Crippen molar-refractivity contribution < 1.29 is 14.4 Å². The maximum atomic E-state index is 14.0. The van der Waals surface area contributed by atoms with Crippen LogP contribution in [-0.4, -0.2) is 52.3 Å². The number of nitrogens with zero attached hydrogens (tertiary/aromatic N) is 7. The van der Waals surface area contributed by atoms with Crippen LogP contribution >= 0.6 is 0 Å². The number of hydrogen-bond donors (Lipinski definition) is 2. The monoisotopic (exact) mass is 773 g/mol. The van der Waals surface area contributed by atoms with E-state index in [0.717, 1.165) is 52.1 Å². The van der Waals surface area contributed by atoms with Crippen LogP contribution in [0, 0.1) is 6.92 Å². The van der Waals surface area contributed by atoms with E-state index in [4.69, 9.17) is 4.99 Å². The molecule has 8 rings (SSSR count). The highest BCUT2D eigenvalue weighted by Crippen LogP contribution is 2.35. The molecule has 5 aromatic rings. The number of fused-ring (bicyclic) bond motifs is 2. The van der Waals surface area contributed by atoms with E-state index in [1.807, 2.05) is 107 Å². The molecule has 0 saturated heterocycles. The summed E-state index contributed by atoms with van der Waals surface area (Å²) in [6.07, 6.45) is 5.20. The lowest BCUT2D eigenvalue weighted by molar-refractivity contribution is -0.119. The number of amides is 4. The number of aryl methyl sites for hydroxylation is 1. The summed E-state index contributed by atoms with van der Waals surface area (Å²) in [5, 5.41) is 6.28. The number of aliphatic imine (C=N–C) groups is 2. The third kappa shape index (κ3) is 8.13. The number of benzodiazepines with no additional fused rings is 1. The van der Waals surface area contributed by atoms with E-state index in [-0.39, 0.29) is 24.4 Å². The lowest BCUT2D eigenvalue weighted by Crippen LogP contribution is -2.46. The number of carbonyl (C=O) groups excluding carboxylic acids is 3. The number of carbonyl (C=O) groups is 3. The second-order valence-corrected chi connectivity index (χ2v) is 14.2. The van der Waals surface area contributed by atoms with Gasteiger partial charge in [-0.3, -0.25) is 29.4 Å². The zero-order valence-corrected chi connectivity index (χ0v) is 33.7. The molecule has 0 fully saturated rings. The van der Waals surface area contributed by atoms with Gasteiger partial charge in [-0.05, 0) is 75.1 Å². The minimum Gasteiger partial charge on any atom is -0.326 e. The van der Waals surface area contributed by atoms with Gasteiger partial charge in [0.15, 0.2) is 0 Å². The highest BCUT2D eigenvalue weighted by atomic mass is 16.2. The molecule has 0 saturated carbocycles. The fraction of sp³-hybridized carbons (Fsp3) is 0.239. The maximum Gasteiger partial charge on any atom is 0.330 e. The molecule has 4 heterocycles. The number of aromatic nitrogens is 2. The number of rotatable bonds is 8. The van der Waals surface area contributed by atoms with Crippen LogP contribution in [0.25, 0.3) is 0 Å². The normalized spacial score (nSPS) is 16.1. The van der Waals surface area contributed by atoms with Crippen molar-refractivity contribution in [1.29, 1.82) is 0 Å². The number of nitrogens with one attached hydrogen (secondary N) is 2. The van der Waals surface area contributed by atoms with Crippen molar-refractivity contribution in [2.45, 2.75) is 66.6 Å². The molecular formula is C46H47N9O3. The van der Waals surface area contributed by atoms with Crippen LogP contribution in [0.4, 0.5) is 33.6 Å². The summed E-state index contributed by atoms with van der Waals surface area (Å²) in [4.78, 5) is 65.2. The van der Waals surface area contributed by atoms with Crippen molar-refractivity contribution in [3.05, 3.63) is 149 Å². The minimum absolute atomic E-state index is 0.163. The average molecular weight is 774 g/mol. The fourth-order valence-electron chi connectivity index (χ4n) is 7.12. The molecule has 3 aliphatic heterocycles. The van der Waals surface area contributed by atoms with Gasteiger partial charge in [-0.2, -0.15) is 4.98 Å². The van der Waals surface area contributed by atoms with E-state index in [0.29, 0.717) is 46.6 Å². The van der Waals surface area contributed by atoms with Crippen LogP contribution in [0.2, 0.25) is 0 Å². The predicted octanol–water partition coefficient (Wildman–Crippen LogP) is 8.92. The Morgan fingerprint density at radius 2 is 1.62 bits per heavy atom. The van der Waals surface area contributed by atoms with Crippen molar-refractivity contribution in [2.24, 2.45) is 9.98 Å². The predicted molar refractivity (Wildman–Crippen MR) is 232 cm³/mol. The Hall–Kier alpha value is -6.95. The molecule has 2 N–H and O–H groups in total. The van der Waals surface area contributed by atoms with Gasteiger partial charge in [0.2, 0.25) is 5.95 Å². The maximum absolute atomic E-state index is 14.0. The van der Waals surface area contributed by atoms with E-state index < -0.39 is 6.04 Å². The molecule has 0 aliphatic carbocycles. The van der Waals surface area contributed by atoms with Crippen LogP contribution < -0.4 is 25.3 Å². The smallest absolute Gasteiger partial charge is 0.326 e. The van der Waals surface area contributed by atoms with Gasteiger partial charge in [-0.1, -0.05) is 80.6 Å². The van der Waals surface area contributed by atoms with Crippen molar-refractivity contribution in [3.8, 4) is 0 Å². The van der Waals surface area contributed by atoms with Crippen molar-refractivity contribution >= 4 is 58.1 Å². The first-order chi connectivity index (χ1) is 28.1. The quantitative estimate of drug-likeness (QED) is 0.162. The van der Waals surface area contributed by atoms with Crippen LogP contribution in [0.15, 0.2) is 125 Å². The first kappa shape index (κ1) is 39.3. The second kappa shape index (κ2) is 17.0. The Morgan fingerprint density at radius 3 is 2.34 bits per heavy atom. The first-order valence-electron chi connectivity index (χ1n) is 19.6. The van der Waals surface area contributed by atoms with Gasteiger partial charge >= 0.3 is 6.03 Å². The van der Waals surface area contributed by atoms with Crippen LogP contribution in [0.5, 0.6) is 0 Å². The Morgan fingerprint density at radius 1 is 0.879 bits per heavy atom. The lowest BCUT2D eigenvalue weighted by atomic mass is 9.98. The molecule has 1 atom stereocenters. The zero-order chi connectivity index (χ0) is 40.9. The third-order valence-electron chi connectivity index (χ3n) is 10.2. The summed E-state index contributed by atoms with van der Waals surface area (Å²) >= 11 is 0. The number of allylic oxidation sites excluding steroid dienone is 1. The first-order valence-corrected chi connectivity index (χ1v) is 19.6. The summed E-state index contributed by atoms with van der Waals surface area (Å²) in [6.45, 7) is 10.3. The Kier molecular flexibility index (Phi) is 11.5. The van der Waals surface area contributed by atoms with Gasteiger partial charge in [0, 0.05) is 58.8 Å². The Bertz CT molecular complexity index is 2460. The number of urea groups is 1. The van der Waals surface area contributed by atoms with Crippen molar-refractivity contribution in [1.82, 2.24) is 9.97 Å². The van der Waals surface area contributed by atoms with Crippen molar-refractivity contribution in [2.75, 3.05) is 32.4 Å². The fourth-order valence-corrected chi connectivity index (χ4v) is 7.12. The van der Waals surface area contributed by atoms with E-state index in [1.165, 1.54) is 4.90 Å². The molecule has 1 aromatic heterocycles. The molecular weight excluding hydrogens is 727 g/mol. The van der Waals surface area contributed by atoms with Gasteiger partial charge in [-0.15, -0.1) is 0 Å². The molecule has 0 bridgehead atoms. The molecule has 0 spiro atoms. The average Bonchev–Trinajstić information content (AvgIpc) is 3.35. The topological polar surface area (TPSA) is 135 Å². The van der Waals surface area contributed by atoms with Gasteiger partial charge in [0.05, 0.1) is 30.2 Å². The van der Waals surface area contributed by atoms with Gasteiger partial charge in [0.1, 0.15) is 11.9 Å². The molecule has 12 heteroatoms. The van der Waals surface area contributed by atoms with Crippen molar-refractivity contribution in [3.63, 3.8) is 0 Å². The summed E-state index contributed by atoms with van der Waals surface area (Å²) in [5.74, 6) is 0.408. The molecule has 12 nitrogen and oxygen atoms in total. The van der Waals surface area contributed by atoms with E-state index in [9.17, 15) is 14.4 Å². The zero-order valence-electron chi connectivity index (χ0n) is 33.7. The summed E-state index contributed by atoms with van der Waals surface area (Å²) in [5.41, 5.74) is 9.04. The molecule has 4 amide bonds. The lowest BCUT2D eigenvalue weighted by Gasteiger charge is -2.35. The van der Waals surface area contributed by atoms with Crippen LogP contribution in [0.1, 0.15) is 78.7 Å². The molecule has 0 unspecified atom stereocenters. The van der Waals surface area contributed by atoms with Crippen LogP contribution in [-0.2, 0) is 17.9 Å². The molecule has 58 heavy (non-hydrogen) atoms. The van der Waals surface area contributed by atoms with Crippen LogP contribution in [0.3, 0.4) is 0 Å².